The number of likely N-dealkylation sites (tertiary alicyclic amines) is 1. The van der Waals surface area contributed by atoms with E-state index < -0.39 is 0 Å². The number of carbonyl (C=O) groups is 1. The number of ether oxygens (including phenoxy) is 3. The standard InChI is InChI=1S/C18H27NO4/c1-12(2)14-8-6-7-9-19(14)18(20)13-10-15(21-3)17(23-5)16(11-13)22-4/h10-12,14H,6-9H2,1-5H3/t14-/m0/s1. The van der Waals surface area contributed by atoms with E-state index in [0.717, 1.165) is 19.4 Å². The minimum atomic E-state index is 0.0302. The maximum atomic E-state index is 13.0. The number of hydrogen-bond donors (Lipinski definition) is 0. The highest BCUT2D eigenvalue weighted by molar-refractivity contribution is 5.96. The first-order valence-electron chi connectivity index (χ1n) is 8.14. The molecule has 1 aliphatic heterocycles. The highest BCUT2D eigenvalue weighted by Gasteiger charge is 2.30. The van der Waals surface area contributed by atoms with Gasteiger partial charge >= 0.3 is 0 Å². The molecule has 1 aromatic carbocycles. The van der Waals surface area contributed by atoms with Gasteiger partial charge in [0, 0.05) is 18.2 Å². The molecule has 0 aliphatic carbocycles. The van der Waals surface area contributed by atoms with E-state index >= 15 is 0 Å². The summed E-state index contributed by atoms with van der Waals surface area (Å²) in [6.07, 6.45) is 3.30. The van der Waals surface area contributed by atoms with Gasteiger partial charge in [-0.3, -0.25) is 4.79 Å². The van der Waals surface area contributed by atoms with Crippen molar-refractivity contribution >= 4 is 5.91 Å². The van der Waals surface area contributed by atoms with E-state index in [0.29, 0.717) is 28.7 Å². The molecule has 0 unspecified atom stereocenters. The summed E-state index contributed by atoms with van der Waals surface area (Å²) in [6.45, 7) is 5.15. The lowest BCUT2D eigenvalue weighted by Crippen LogP contribution is -2.46. The minimum Gasteiger partial charge on any atom is -0.493 e. The lowest BCUT2D eigenvalue weighted by Gasteiger charge is -2.38. The first kappa shape index (κ1) is 17.4. The van der Waals surface area contributed by atoms with Crippen LogP contribution in [-0.4, -0.2) is 44.7 Å². The molecule has 1 saturated heterocycles. The SMILES string of the molecule is COc1cc(C(=O)N2CCCC[C@H]2C(C)C)cc(OC)c1OC. The predicted molar refractivity (Wildman–Crippen MR) is 89.6 cm³/mol. The van der Waals surface area contributed by atoms with Crippen molar-refractivity contribution < 1.29 is 19.0 Å². The van der Waals surface area contributed by atoms with Gasteiger partial charge in [0.1, 0.15) is 0 Å². The highest BCUT2D eigenvalue weighted by atomic mass is 16.5. The molecule has 1 aliphatic rings. The van der Waals surface area contributed by atoms with Crippen molar-refractivity contribution in [1.82, 2.24) is 4.90 Å². The Labute approximate surface area is 138 Å². The molecule has 0 saturated carbocycles. The number of hydrogen-bond acceptors (Lipinski definition) is 4. The van der Waals surface area contributed by atoms with Crippen molar-refractivity contribution in [1.29, 1.82) is 0 Å². The van der Waals surface area contributed by atoms with E-state index in [1.165, 1.54) is 6.42 Å². The van der Waals surface area contributed by atoms with Gasteiger partial charge in [0.05, 0.1) is 21.3 Å². The molecule has 5 heteroatoms. The van der Waals surface area contributed by atoms with Crippen molar-refractivity contribution in [2.24, 2.45) is 5.92 Å². The summed E-state index contributed by atoms with van der Waals surface area (Å²) in [5.74, 6) is 2.00. The molecule has 1 aromatic rings. The topological polar surface area (TPSA) is 48.0 Å². The fraction of sp³-hybridized carbons (Fsp3) is 0.611. The maximum Gasteiger partial charge on any atom is 0.254 e. The van der Waals surface area contributed by atoms with Gasteiger partial charge in [0.15, 0.2) is 11.5 Å². The van der Waals surface area contributed by atoms with E-state index in [1.807, 2.05) is 4.90 Å². The Bertz CT molecular complexity index is 531. The van der Waals surface area contributed by atoms with E-state index in [2.05, 4.69) is 13.8 Å². The third kappa shape index (κ3) is 3.54. The van der Waals surface area contributed by atoms with Crippen molar-refractivity contribution in [3.05, 3.63) is 17.7 Å². The van der Waals surface area contributed by atoms with Crippen LogP contribution in [0.25, 0.3) is 0 Å². The number of piperidine rings is 1. The van der Waals surface area contributed by atoms with E-state index in [9.17, 15) is 4.79 Å². The number of carbonyl (C=O) groups excluding carboxylic acids is 1. The minimum absolute atomic E-state index is 0.0302. The van der Waals surface area contributed by atoms with Gasteiger partial charge in [0.2, 0.25) is 5.75 Å². The lowest BCUT2D eigenvalue weighted by molar-refractivity contribution is 0.0542. The van der Waals surface area contributed by atoms with Gasteiger partial charge in [-0.05, 0) is 37.3 Å². The molecule has 1 amide bonds. The van der Waals surface area contributed by atoms with Crippen LogP contribution in [0.15, 0.2) is 12.1 Å². The average Bonchev–Trinajstić information content (AvgIpc) is 2.59. The van der Waals surface area contributed by atoms with Crippen LogP contribution in [-0.2, 0) is 0 Å². The largest absolute Gasteiger partial charge is 0.493 e. The fourth-order valence-corrected chi connectivity index (χ4v) is 3.27. The molecule has 1 heterocycles. The zero-order valence-corrected chi connectivity index (χ0v) is 14.7. The van der Waals surface area contributed by atoms with Crippen molar-refractivity contribution in [3.8, 4) is 17.2 Å². The Morgan fingerprint density at radius 1 is 1.09 bits per heavy atom. The molecule has 2 rings (SSSR count). The summed E-state index contributed by atoms with van der Waals surface area (Å²) < 4.78 is 16.0. The summed E-state index contributed by atoms with van der Waals surface area (Å²) in [7, 11) is 4.67. The zero-order chi connectivity index (χ0) is 17.0. The average molecular weight is 321 g/mol. The number of rotatable bonds is 5. The smallest absolute Gasteiger partial charge is 0.254 e. The maximum absolute atomic E-state index is 13.0. The molecular formula is C18H27NO4. The summed E-state index contributed by atoms with van der Waals surface area (Å²) in [5.41, 5.74) is 0.576. The van der Waals surface area contributed by atoms with Crippen LogP contribution in [0.1, 0.15) is 43.5 Å². The summed E-state index contributed by atoms with van der Waals surface area (Å²) in [5, 5.41) is 0. The molecule has 0 radical (unpaired) electrons. The Morgan fingerprint density at radius 2 is 1.70 bits per heavy atom. The van der Waals surface area contributed by atoms with Crippen LogP contribution in [0.5, 0.6) is 17.2 Å². The fourth-order valence-electron chi connectivity index (χ4n) is 3.27. The molecule has 1 fully saturated rings. The molecule has 23 heavy (non-hydrogen) atoms. The number of benzene rings is 1. The van der Waals surface area contributed by atoms with Crippen LogP contribution in [0.3, 0.4) is 0 Å². The van der Waals surface area contributed by atoms with Crippen molar-refractivity contribution in [2.45, 2.75) is 39.2 Å². The second-order valence-corrected chi connectivity index (χ2v) is 6.22. The molecule has 128 valence electrons. The molecule has 0 bridgehead atoms. The van der Waals surface area contributed by atoms with E-state index in [4.69, 9.17) is 14.2 Å². The molecule has 0 spiro atoms. The molecule has 0 aromatic heterocycles. The second-order valence-electron chi connectivity index (χ2n) is 6.22. The normalized spacial score (nSPS) is 18.0. The van der Waals surface area contributed by atoms with Gasteiger partial charge in [-0.2, -0.15) is 0 Å². The van der Waals surface area contributed by atoms with E-state index in [-0.39, 0.29) is 11.9 Å². The van der Waals surface area contributed by atoms with Crippen LogP contribution in [0.4, 0.5) is 0 Å². The van der Waals surface area contributed by atoms with Gasteiger partial charge in [-0.15, -0.1) is 0 Å². The molecule has 0 N–H and O–H groups in total. The second kappa shape index (κ2) is 7.57. The predicted octanol–water partition coefficient (Wildman–Crippen LogP) is 3.36. The molecule has 5 nitrogen and oxygen atoms in total. The quantitative estimate of drug-likeness (QED) is 0.834. The van der Waals surface area contributed by atoms with E-state index in [1.54, 1.807) is 33.5 Å². The third-order valence-electron chi connectivity index (χ3n) is 4.49. The number of amides is 1. The highest BCUT2D eigenvalue weighted by Crippen LogP contribution is 2.39. The Hall–Kier alpha value is -1.91. The summed E-state index contributed by atoms with van der Waals surface area (Å²) in [6, 6.07) is 3.75. The molecular weight excluding hydrogens is 294 g/mol. The zero-order valence-electron chi connectivity index (χ0n) is 14.7. The monoisotopic (exact) mass is 321 g/mol. The van der Waals surface area contributed by atoms with Gasteiger partial charge < -0.3 is 19.1 Å². The Balaban J connectivity index is 2.38. The third-order valence-corrected chi connectivity index (χ3v) is 4.49. The lowest BCUT2D eigenvalue weighted by atomic mass is 9.92. The van der Waals surface area contributed by atoms with Gasteiger partial charge in [0.25, 0.3) is 5.91 Å². The Morgan fingerprint density at radius 3 is 2.17 bits per heavy atom. The van der Waals surface area contributed by atoms with Crippen LogP contribution >= 0.6 is 0 Å². The van der Waals surface area contributed by atoms with Gasteiger partial charge in [-0.1, -0.05) is 13.8 Å². The molecule has 1 atom stereocenters. The van der Waals surface area contributed by atoms with Crippen LogP contribution in [0, 0.1) is 5.92 Å². The first-order chi connectivity index (χ1) is 11.0. The van der Waals surface area contributed by atoms with Crippen molar-refractivity contribution in [2.75, 3.05) is 27.9 Å². The number of methoxy groups -OCH3 is 3. The van der Waals surface area contributed by atoms with Gasteiger partial charge in [-0.25, -0.2) is 0 Å². The van der Waals surface area contributed by atoms with Crippen LogP contribution in [0.2, 0.25) is 0 Å². The van der Waals surface area contributed by atoms with Crippen LogP contribution < -0.4 is 14.2 Å². The summed E-state index contributed by atoms with van der Waals surface area (Å²) >= 11 is 0. The Kier molecular flexibility index (Phi) is 5.74. The van der Waals surface area contributed by atoms with Crippen molar-refractivity contribution in [3.63, 3.8) is 0 Å². The first-order valence-corrected chi connectivity index (χ1v) is 8.14. The number of nitrogens with zero attached hydrogens (tertiary/aromatic N) is 1. The summed E-state index contributed by atoms with van der Waals surface area (Å²) in [4.78, 5) is 15.0.